The quantitative estimate of drug-likeness (QED) is 0.602. The summed E-state index contributed by atoms with van der Waals surface area (Å²) in [6.45, 7) is 3.01. The number of aromatic nitrogens is 3. The molecule has 0 saturated carbocycles. The number of hydrogen-bond acceptors (Lipinski definition) is 3. The maximum absolute atomic E-state index is 5.85. The Balaban J connectivity index is 2.35. The highest BCUT2D eigenvalue weighted by Gasteiger charge is 2.11. The molecule has 0 unspecified atom stereocenters. The predicted octanol–water partition coefficient (Wildman–Crippen LogP) is 3.27. The Morgan fingerprint density at radius 2 is 2.28 bits per heavy atom. The fourth-order valence-corrected chi connectivity index (χ4v) is 2.62. The van der Waals surface area contributed by atoms with Crippen molar-refractivity contribution in [1.82, 2.24) is 14.5 Å². The van der Waals surface area contributed by atoms with Crippen LogP contribution in [-0.2, 0) is 13.0 Å². The van der Waals surface area contributed by atoms with Gasteiger partial charge in [-0.25, -0.2) is 9.97 Å². The first-order chi connectivity index (χ1) is 8.76. The van der Waals surface area contributed by atoms with Gasteiger partial charge in [0.05, 0.1) is 0 Å². The van der Waals surface area contributed by atoms with Crippen LogP contribution >= 0.6 is 23.4 Å². The Bertz CT molecular complexity index is 524. The van der Waals surface area contributed by atoms with Crippen LogP contribution in [0.3, 0.4) is 0 Å². The standard InChI is InChI=1S/C13H18ClN3S/c1-10-8-11-13(15-9-10)17(6-3-7-18-2)12(16-11)4-5-14/h8-9H,3-7H2,1-2H3. The first kappa shape index (κ1) is 13.7. The van der Waals surface area contributed by atoms with Gasteiger partial charge >= 0.3 is 0 Å². The van der Waals surface area contributed by atoms with Crippen molar-refractivity contribution >= 4 is 34.5 Å². The monoisotopic (exact) mass is 283 g/mol. The van der Waals surface area contributed by atoms with Crippen molar-refractivity contribution in [1.29, 1.82) is 0 Å². The maximum Gasteiger partial charge on any atom is 0.160 e. The van der Waals surface area contributed by atoms with Crippen LogP contribution in [0.1, 0.15) is 17.8 Å². The Kier molecular flexibility index (Phi) is 4.89. The third-order valence-electron chi connectivity index (χ3n) is 2.85. The van der Waals surface area contributed by atoms with Crippen molar-refractivity contribution < 1.29 is 0 Å². The van der Waals surface area contributed by atoms with Crippen molar-refractivity contribution in [3.63, 3.8) is 0 Å². The van der Waals surface area contributed by atoms with Crippen LogP contribution in [0, 0.1) is 6.92 Å². The second-order valence-corrected chi connectivity index (χ2v) is 5.68. The molecule has 0 aliphatic rings. The highest BCUT2D eigenvalue weighted by Crippen LogP contribution is 2.17. The number of aryl methyl sites for hydroxylation is 3. The van der Waals surface area contributed by atoms with E-state index in [0.717, 1.165) is 47.7 Å². The van der Waals surface area contributed by atoms with E-state index in [4.69, 9.17) is 11.6 Å². The minimum Gasteiger partial charge on any atom is -0.313 e. The van der Waals surface area contributed by atoms with Gasteiger partial charge in [-0.3, -0.25) is 0 Å². The molecule has 2 aromatic heterocycles. The number of hydrogen-bond donors (Lipinski definition) is 0. The Morgan fingerprint density at radius 1 is 1.44 bits per heavy atom. The van der Waals surface area contributed by atoms with Gasteiger partial charge in [-0.05, 0) is 37.0 Å². The van der Waals surface area contributed by atoms with Crippen LogP contribution < -0.4 is 0 Å². The normalized spacial score (nSPS) is 11.3. The molecule has 5 heteroatoms. The highest BCUT2D eigenvalue weighted by atomic mass is 35.5. The number of halogens is 1. The van der Waals surface area contributed by atoms with Crippen molar-refractivity contribution in [2.45, 2.75) is 26.3 Å². The Hall–Kier alpha value is -0.740. The molecule has 0 fully saturated rings. The van der Waals surface area contributed by atoms with Gasteiger partial charge in [-0.1, -0.05) is 0 Å². The number of alkyl halides is 1. The van der Waals surface area contributed by atoms with Crippen LogP contribution in [0.2, 0.25) is 0 Å². The van der Waals surface area contributed by atoms with Gasteiger partial charge in [0.25, 0.3) is 0 Å². The SMILES string of the molecule is CSCCCn1c(CCCl)nc2cc(C)cnc21. The molecule has 0 atom stereocenters. The van der Waals surface area contributed by atoms with E-state index < -0.39 is 0 Å². The molecule has 0 N–H and O–H groups in total. The topological polar surface area (TPSA) is 30.7 Å². The van der Waals surface area contributed by atoms with Gasteiger partial charge in [-0.15, -0.1) is 11.6 Å². The number of thioether (sulfide) groups is 1. The van der Waals surface area contributed by atoms with Crippen LogP contribution in [0.25, 0.3) is 11.2 Å². The molecular formula is C13H18ClN3S. The van der Waals surface area contributed by atoms with Crippen molar-refractivity contribution in [2.75, 3.05) is 17.9 Å². The van der Waals surface area contributed by atoms with Gasteiger partial charge in [0, 0.05) is 25.0 Å². The molecular weight excluding hydrogens is 266 g/mol. The fraction of sp³-hybridized carbons (Fsp3) is 0.538. The van der Waals surface area contributed by atoms with Crippen molar-refractivity contribution in [2.24, 2.45) is 0 Å². The molecule has 2 rings (SSSR count). The minimum atomic E-state index is 0.602. The number of pyridine rings is 1. The van der Waals surface area contributed by atoms with Crippen LogP contribution in [0.15, 0.2) is 12.3 Å². The first-order valence-electron chi connectivity index (χ1n) is 6.13. The maximum atomic E-state index is 5.85. The average Bonchev–Trinajstić information content (AvgIpc) is 2.67. The third kappa shape index (κ3) is 2.98. The van der Waals surface area contributed by atoms with Crippen molar-refractivity contribution in [3.8, 4) is 0 Å². The largest absolute Gasteiger partial charge is 0.313 e. The summed E-state index contributed by atoms with van der Waals surface area (Å²) in [6, 6.07) is 2.09. The summed E-state index contributed by atoms with van der Waals surface area (Å²) in [5.74, 6) is 2.82. The molecule has 0 aromatic carbocycles. The summed E-state index contributed by atoms with van der Waals surface area (Å²) in [5.41, 5.74) is 3.12. The van der Waals surface area contributed by atoms with E-state index in [1.54, 1.807) is 0 Å². The summed E-state index contributed by atoms with van der Waals surface area (Å²) in [4.78, 5) is 9.16. The lowest BCUT2D eigenvalue weighted by atomic mass is 10.3. The van der Waals surface area contributed by atoms with Crippen LogP contribution in [0.4, 0.5) is 0 Å². The molecule has 0 saturated heterocycles. The van der Waals surface area contributed by atoms with Crippen molar-refractivity contribution in [3.05, 3.63) is 23.7 Å². The molecule has 0 spiro atoms. The lowest BCUT2D eigenvalue weighted by molar-refractivity contribution is 0.660. The van der Waals surface area contributed by atoms with E-state index in [9.17, 15) is 0 Å². The summed E-state index contributed by atoms with van der Waals surface area (Å²) in [5, 5.41) is 0. The molecule has 0 aliphatic heterocycles. The zero-order chi connectivity index (χ0) is 13.0. The van der Waals surface area contributed by atoms with E-state index in [0.29, 0.717) is 5.88 Å². The van der Waals surface area contributed by atoms with E-state index in [1.807, 2.05) is 24.9 Å². The lowest BCUT2D eigenvalue weighted by Gasteiger charge is -2.07. The van der Waals surface area contributed by atoms with E-state index in [1.165, 1.54) is 0 Å². The molecule has 0 amide bonds. The Morgan fingerprint density at radius 3 is 3.00 bits per heavy atom. The van der Waals surface area contributed by atoms with Gasteiger partial charge in [0.2, 0.25) is 0 Å². The molecule has 3 nitrogen and oxygen atoms in total. The summed E-state index contributed by atoms with van der Waals surface area (Å²) in [6.07, 6.45) is 5.97. The van der Waals surface area contributed by atoms with Gasteiger partial charge < -0.3 is 4.57 Å². The number of fused-ring (bicyclic) bond motifs is 1. The lowest BCUT2D eigenvalue weighted by Crippen LogP contribution is -2.06. The summed E-state index contributed by atoms with van der Waals surface area (Å²) >= 11 is 7.72. The molecule has 0 aliphatic carbocycles. The third-order valence-corrected chi connectivity index (χ3v) is 3.73. The second kappa shape index (κ2) is 6.43. The fourth-order valence-electron chi connectivity index (χ4n) is 2.04. The highest BCUT2D eigenvalue weighted by molar-refractivity contribution is 7.98. The van der Waals surface area contributed by atoms with E-state index >= 15 is 0 Å². The van der Waals surface area contributed by atoms with Crippen LogP contribution in [-0.4, -0.2) is 32.4 Å². The Labute approximate surface area is 117 Å². The minimum absolute atomic E-state index is 0.602. The zero-order valence-electron chi connectivity index (χ0n) is 10.8. The van der Waals surface area contributed by atoms with E-state index in [-0.39, 0.29) is 0 Å². The molecule has 2 aromatic rings. The van der Waals surface area contributed by atoms with Crippen LogP contribution in [0.5, 0.6) is 0 Å². The molecule has 0 radical (unpaired) electrons. The van der Waals surface area contributed by atoms with E-state index in [2.05, 4.69) is 26.9 Å². The first-order valence-corrected chi connectivity index (χ1v) is 8.05. The molecule has 18 heavy (non-hydrogen) atoms. The second-order valence-electron chi connectivity index (χ2n) is 4.32. The smallest absolute Gasteiger partial charge is 0.160 e. The average molecular weight is 284 g/mol. The summed E-state index contributed by atoms with van der Waals surface area (Å²) < 4.78 is 2.22. The number of imidazole rings is 1. The zero-order valence-corrected chi connectivity index (χ0v) is 12.4. The van der Waals surface area contributed by atoms with Gasteiger partial charge in [-0.2, -0.15) is 11.8 Å². The predicted molar refractivity (Wildman–Crippen MR) is 79.7 cm³/mol. The molecule has 98 valence electrons. The molecule has 0 bridgehead atoms. The molecule has 2 heterocycles. The number of rotatable bonds is 6. The van der Waals surface area contributed by atoms with Gasteiger partial charge in [0.1, 0.15) is 11.3 Å². The van der Waals surface area contributed by atoms with Gasteiger partial charge in [0.15, 0.2) is 5.65 Å². The summed E-state index contributed by atoms with van der Waals surface area (Å²) in [7, 11) is 0. The number of nitrogens with zero attached hydrogens (tertiary/aromatic N) is 3.